The van der Waals surface area contributed by atoms with Gasteiger partial charge in [0.25, 0.3) is 5.91 Å². The zero-order valence-corrected chi connectivity index (χ0v) is 24.1. The van der Waals surface area contributed by atoms with Crippen LogP contribution in [-0.2, 0) is 30.3 Å². The van der Waals surface area contributed by atoms with Gasteiger partial charge in [-0.05, 0) is 62.7 Å². The van der Waals surface area contributed by atoms with Gasteiger partial charge in [0, 0.05) is 28.8 Å². The van der Waals surface area contributed by atoms with Crippen LogP contribution in [-0.4, -0.2) is 77.7 Å². The number of hydrogen-bond donors (Lipinski definition) is 1. The van der Waals surface area contributed by atoms with E-state index in [9.17, 15) is 19.2 Å². The first-order valence-electron chi connectivity index (χ1n) is 12.7. The summed E-state index contributed by atoms with van der Waals surface area (Å²) in [5.74, 6) is -1.34. The zero-order chi connectivity index (χ0) is 29.2. The molecule has 0 aromatic heterocycles. The van der Waals surface area contributed by atoms with Crippen molar-refractivity contribution in [2.45, 2.75) is 57.6 Å². The van der Waals surface area contributed by atoms with Crippen molar-refractivity contribution in [2.75, 3.05) is 25.5 Å². The van der Waals surface area contributed by atoms with Gasteiger partial charge in [0.15, 0.2) is 0 Å². The van der Waals surface area contributed by atoms with Gasteiger partial charge in [-0.2, -0.15) is 0 Å². The van der Waals surface area contributed by atoms with Crippen LogP contribution in [0.3, 0.4) is 0 Å². The van der Waals surface area contributed by atoms with Gasteiger partial charge in [-0.3, -0.25) is 9.59 Å². The fraction of sp³-hybridized carbons (Fsp3) is 0.429. The number of nitrogens with one attached hydrogen (secondary N) is 1. The van der Waals surface area contributed by atoms with E-state index in [-0.39, 0.29) is 26.1 Å². The van der Waals surface area contributed by atoms with Gasteiger partial charge in [-0.15, -0.1) is 0 Å². The topological polar surface area (TPSA) is 114 Å². The number of carbonyl (C=O) groups excluding carboxylic acids is 4. The lowest BCUT2D eigenvalue weighted by Crippen LogP contribution is -2.58. The Bertz CT molecular complexity index is 1300. The number of rotatable bonds is 6. The highest BCUT2D eigenvalue weighted by Gasteiger charge is 2.49. The number of fused-ring (bicyclic) bond motifs is 1. The van der Waals surface area contributed by atoms with Crippen molar-refractivity contribution in [3.8, 4) is 0 Å². The number of ether oxygens (including phenoxy) is 3. The third-order valence-electron chi connectivity index (χ3n) is 6.50. The first kappa shape index (κ1) is 29.6. The number of amides is 3. The molecule has 2 aromatic carbocycles. The molecule has 2 aliphatic rings. The molecule has 3 atom stereocenters. The van der Waals surface area contributed by atoms with Crippen molar-refractivity contribution in [1.82, 2.24) is 9.80 Å². The molecule has 0 aliphatic carbocycles. The Labute approximate surface area is 242 Å². The van der Waals surface area contributed by atoms with Gasteiger partial charge in [-0.1, -0.05) is 29.3 Å². The quantitative estimate of drug-likeness (QED) is 0.491. The molecule has 3 unspecified atom stereocenters. The molecule has 0 radical (unpaired) electrons. The van der Waals surface area contributed by atoms with E-state index in [4.69, 9.17) is 32.7 Å². The molecule has 0 bridgehead atoms. The van der Waals surface area contributed by atoms with Gasteiger partial charge < -0.3 is 29.3 Å². The highest BCUT2D eigenvalue weighted by atomic mass is 35.5. The van der Waals surface area contributed by atoms with E-state index in [2.05, 4.69) is 10.1 Å². The molecule has 2 fully saturated rings. The summed E-state index contributed by atoms with van der Waals surface area (Å²) in [5.41, 5.74) is 0.767. The maximum atomic E-state index is 13.7. The number of morpholine rings is 1. The van der Waals surface area contributed by atoms with Crippen molar-refractivity contribution in [2.24, 2.45) is 0 Å². The van der Waals surface area contributed by atoms with Crippen LogP contribution in [0.15, 0.2) is 42.5 Å². The summed E-state index contributed by atoms with van der Waals surface area (Å²) in [6, 6.07) is 10.7. The Morgan fingerprint density at radius 1 is 1.07 bits per heavy atom. The standard InChI is InChI=1S/C28H31Cl2N3O7/c1-28(2,3)40-27(37)32-14-21-23(15-32)39-22(25(35)33(21)13-17-5-8-18(29)11-20(17)30)12-24(34)31-19-9-6-16(7-10-19)26(36)38-4/h5-11,21-23H,12-15H2,1-4H3,(H,31,34). The Kier molecular flexibility index (Phi) is 8.92. The Morgan fingerprint density at radius 2 is 1.77 bits per heavy atom. The largest absolute Gasteiger partial charge is 0.465 e. The summed E-state index contributed by atoms with van der Waals surface area (Å²) in [6.07, 6.45) is -2.38. The van der Waals surface area contributed by atoms with E-state index in [1.54, 1.807) is 56.0 Å². The Balaban J connectivity index is 1.51. The molecule has 10 nitrogen and oxygen atoms in total. The number of anilines is 1. The molecule has 2 aliphatic heterocycles. The summed E-state index contributed by atoms with van der Waals surface area (Å²) in [4.78, 5) is 54.1. The number of benzene rings is 2. The number of nitrogens with zero attached hydrogens (tertiary/aromatic N) is 2. The lowest BCUT2D eigenvalue weighted by Gasteiger charge is -2.40. The molecule has 40 heavy (non-hydrogen) atoms. The fourth-order valence-electron chi connectivity index (χ4n) is 4.63. The molecule has 0 saturated carbocycles. The third kappa shape index (κ3) is 7.04. The van der Waals surface area contributed by atoms with E-state index < -0.39 is 47.7 Å². The van der Waals surface area contributed by atoms with Crippen molar-refractivity contribution in [3.05, 3.63) is 63.6 Å². The van der Waals surface area contributed by atoms with Gasteiger partial charge in [0.1, 0.15) is 11.7 Å². The van der Waals surface area contributed by atoms with Crippen molar-refractivity contribution < 1.29 is 33.4 Å². The van der Waals surface area contributed by atoms with Gasteiger partial charge in [0.2, 0.25) is 5.91 Å². The monoisotopic (exact) mass is 591 g/mol. The molecular weight excluding hydrogens is 561 g/mol. The summed E-state index contributed by atoms with van der Waals surface area (Å²) in [7, 11) is 1.28. The van der Waals surface area contributed by atoms with Crippen LogP contribution in [0, 0.1) is 0 Å². The molecule has 12 heteroatoms. The lowest BCUT2D eigenvalue weighted by atomic mass is 10.0. The first-order chi connectivity index (χ1) is 18.8. The SMILES string of the molecule is COC(=O)c1ccc(NC(=O)CC2OC3CN(C(=O)OC(C)(C)C)CC3N(Cc3ccc(Cl)cc3Cl)C2=O)cc1. The molecule has 2 heterocycles. The highest BCUT2D eigenvalue weighted by molar-refractivity contribution is 6.35. The number of esters is 1. The minimum absolute atomic E-state index is 0.147. The minimum atomic E-state index is -1.08. The normalized spacial score (nSPS) is 20.6. The number of carbonyl (C=O) groups is 4. The van der Waals surface area contributed by atoms with Crippen LogP contribution in [0.1, 0.15) is 43.1 Å². The fourth-order valence-corrected chi connectivity index (χ4v) is 5.10. The van der Waals surface area contributed by atoms with E-state index in [0.717, 1.165) is 0 Å². The van der Waals surface area contributed by atoms with E-state index in [1.165, 1.54) is 24.1 Å². The van der Waals surface area contributed by atoms with Gasteiger partial charge >= 0.3 is 12.1 Å². The van der Waals surface area contributed by atoms with Crippen LogP contribution in [0.25, 0.3) is 0 Å². The molecule has 3 amide bonds. The van der Waals surface area contributed by atoms with Crippen LogP contribution in [0.4, 0.5) is 10.5 Å². The van der Waals surface area contributed by atoms with E-state index in [1.807, 2.05) is 0 Å². The number of hydrogen-bond acceptors (Lipinski definition) is 7. The summed E-state index contributed by atoms with van der Waals surface area (Å²) in [5, 5.41) is 3.59. The van der Waals surface area contributed by atoms with Crippen LogP contribution < -0.4 is 5.32 Å². The average Bonchev–Trinajstić information content (AvgIpc) is 3.31. The smallest absolute Gasteiger partial charge is 0.410 e. The van der Waals surface area contributed by atoms with Gasteiger partial charge in [-0.25, -0.2) is 9.59 Å². The molecule has 4 rings (SSSR count). The predicted molar refractivity (Wildman–Crippen MR) is 148 cm³/mol. The second kappa shape index (κ2) is 12.0. The Morgan fingerprint density at radius 3 is 2.40 bits per heavy atom. The highest BCUT2D eigenvalue weighted by Crippen LogP contribution is 2.32. The maximum absolute atomic E-state index is 13.7. The second-order valence-corrected chi connectivity index (χ2v) is 11.5. The molecule has 0 spiro atoms. The number of methoxy groups -OCH3 is 1. The van der Waals surface area contributed by atoms with Crippen molar-refractivity contribution in [3.63, 3.8) is 0 Å². The third-order valence-corrected chi connectivity index (χ3v) is 7.09. The van der Waals surface area contributed by atoms with Crippen molar-refractivity contribution in [1.29, 1.82) is 0 Å². The van der Waals surface area contributed by atoms with Crippen LogP contribution >= 0.6 is 23.2 Å². The molecular formula is C28H31Cl2N3O7. The van der Waals surface area contributed by atoms with E-state index in [0.29, 0.717) is 26.9 Å². The number of likely N-dealkylation sites (tertiary alicyclic amines) is 1. The minimum Gasteiger partial charge on any atom is -0.465 e. The summed E-state index contributed by atoms with van der Waals surface area (Å²) in [6.45, 7) is 5.89. The molecule has 214 valence electrons. The average molecular weight is 592 g/mol. The van der Waals surface area contributed by atoms with Crippen molar-refractivity contribution >= 4 is 52.8 Å². The summed E-state index contributed by atoms with van der Waals surface area (Å²) >= 11 is 12.5. The predicted octanol–water partition coefficient (Wildman–Crippen LogP) is 4.52. The van der Waals surface area contributed by atoms with Crippen LogP contribution in [0.5, 0.6) is 0 Å². The molecule has 2 aromatic rings. The second-order valence-electron chi connectivity index (χ2n) is 10.6. The summed E-state index contributed by atoms with van der Waals surface area (Å²) < 4.78 is 16.3. The first-order valence-corrected chi connectivity index (χ1v) is 13.5. The zero-order valence-electron chi connectivity index (χ0n) is 22.6. The van der Waals surface area contributed by atoms with E-state index >= 15 is 0 Å². The van der Waals surface area contributed by atoms with Gasteiger partial charge in [0.05, 0.1) is 37.8 Å². The lowest BCUT2D eigenvalue weighted by molar-refractivity contribution is -0.169. The maximum Gasteiger partial charge on any atom is 0.410 e. The molecule has 2 saturated heterocycles. The molecule has 1 N–H and O–H groups in total. The number of halogens is 2. The Hall–Kier alpha value is -3.34. The van der Waals surface area contributed by atoms with Crippen LogP contribution in [0.2, 0.25) is 10.0 Å².